The summed E-state index contributed by atoms with van der Waals surface area (Å²) in [6.45, 7) is 3.02. The molecule has 0 saturated heterocycles. The maximum Gasteiger partial charge on any atom is 0.273 e. The number of aromatic amines is 1. The summed E-state index contributed by atoms with van der Waals surface area (Å²) in [5.41, 5.74) is 4.57. The standard InChI is InChI=1S/C21H21N5O/c1-15-20(24-25-26(15)14-16-7-3-2-4-8-16)21(27)22-12-11-17-13-23-19-10-6-5-9-18(17)19/h2-10,13,23H,11-12,14H2,1H3,(H,22,27). The third kappa shape index (κ3) is 3.60. The second kappa shape index (κ2) is 7.45. The second-order valence-electron chi connectivity index (χ2n) is 6.53. The van der Waals surface area contributed by atoms with Gasteiger partial charge in [-0.2, -0.15) is 0 Å². The highest BCUT2D eigenvalue weighted by atomic mass is 16.2. The minimum Gasteiger partial charge on any atom is -0.361 e. The van der Waals surface area contributed by atoms with Crippen molar-refractivity contribution in [3.8, 4) is 0 Å². The van der Waals surface area contributed by atoms with E-state index in [9.17, 15) is 4.79 Å². The fourth-order valence-electron chi connectivity index (χ4n) is 3.21. The van der Waals surface area contributed by atoms with E-state index in [2.05, 4.69) is 26.7 Å². The summed E-state index contributed by atoms with van der Waals surface area (Å²) in [5, 5.41) is 12.3. The Morgan fingerprint density at radius 3 is 2.74 bits per heavy atom. The zero-order valence-corrected chi connectivity index (χ0v) is 15.1. The number of carbonyl (C=O) groups is 1. The topological polar surface area (TPSA) is 75.6 Å². The predicted octanol–water partition coefficient (Wildman–Crippen LogP) is 3.09. The summed E-state index contributed by atoms with van der Waals surface area (Å²) in [5.74, 6) is -0.188. The van der Waals surface area contributed by atoms with Gasteiger partial charge in [0, 0.05) is 23.6 Å². The number of aromatic nitrogens is 4. The van der Waals surface area contributed by atoms with Crippen molar-refractivity contribution in [3.63, 3.8) is 0 Å². The van der Waals surface area contributed by atoms with Crippen LogP contribution in [0, 0.1) is 6.92 Å². The number of para-hydroxylation sites is 1. The number of carbonyl (C=O) groups excluding carboxylic acids is 1. The molecule has 4 aromatic rings. The summed E-state index contributed by atoms with van der Waals surface area (Å²) in [6, 6.07) is 18.2. The average Bonchev–Trinajstić information content (AvgIpc) is 3.27. The average molecular weight is 359 g/mol. The van der Waals surface area contributed by atoms with Gasteiger partial charge in [-0.3, -0.25) is 4.79 Å². The first-order valence-electron chi connectivity index (χ1n) is 8.99. The number of H-pyrrole nitrogens is 1. The van der Waals surface area contributed by atoms with E-state index >= 15 is 0 Å². The van der Waals surface area contributed by atoms with Crippen molar-refractivity contribution < 1.29 is 4.79 Å². The molecule has 2 aromatic carbocycles. The molecule has 0 bridgehead atoms. The van der Waals surface area contributed by atoms with Crippen LogP contribution in [0.4, 0.5) is 0 Å². The van der Waals surface area contributed by atoms with Crippen LogP contribution in [-0.4, -0.2) is 32.4 Å². The van der Waals surface area contributed by atoms with Gasteiger partial charge in [-0.25, -0.2) is 4.68 Å². The first-order chi connectivity index (χ1) is 13.2. The van der Waals surface area contributed by atoms with E-state index in [4.69, 9.17) is 0 Å². The monoisotopic (exact) mass is 359 g/mol. The number of hydrogen-bond acceptors (Lipinski definition) is 3. The van der Waals surface area contributed by atoms with Crippen molar-refractivity contribution >= 4 is 16.8 Å². The SMILES string of the molecule is Cc1c(C(=O)NCCc2c[nH]c3ccccc23)nnn1Cc1ccccc1. The smallest absolute Gasteiger partial charge is 0.273 e. The van der Waals surface area contributed by atoms with Crippen LogP contribution in [0.2, 0.25) is 0 Å². The summed E-state index contributed by atoms with van der Waals surface area (Å²) < 4.78 is 1.75. The molecule has 6 nitrogen and oxygen atoms in total. The maximum atomic E-state index is 12.5. The molecule has 0 aliphatic carbocycles. The molecular formula is C21H21N5O. The fraction of sp³-hybridized carbons (Fsp3) is 0.190. The Hall–Kier alpha value is -3.41. The lowest BCUT2D eigenvalue weighted by molar-refractivity contribution is 0.0948. The molecule has 0 aliphatic heterocycles. The summed E-state index contributed by atoms with van der Waals surface area (Å²) in [4.78, 5) is 15.7. The molecule has 2 heterocycles. The van der Waals surface area contributed by atoms with E-state index in [0.717, 1.165) is 23.2 Å². The Labute approximate surface area is 157 Å². The molecule has 1 amide bonds. The maximum absolute atomic E-state index is 12.5. The molecule has 0 spiro atoms. The third-order valence-electron chi connectivity index (χ3n) is 4.73. The van der Waals surface area contributed by atoms with Gasteiger partial charge in [0.2, 0.25) is 0 Å². The largest absolute Gasteiger partial charge is 0.361 e. The van der Waals surface area contributed by atoms with Crippen LogP contribution in [0.25, 0.3) is 10.9 Å². The molecule has 0 saturated carbocycles. The molecule has 136 valence electrons. The van der Waals surface area contributed by atoms with Gasteiger partial charge in [-0.15, -0.1) is 5.10 Å². The molecule has 2 aromatic heterocycles. The Morgan fingerprint density at radius 2 is 1.89 bits per heavy atom. The zero-order valence-electron chi connectivity index (χ0n) is 15.1. The van der Waals surface area contributed by atoms with Gasteiger partial charge < -0.3 is 10.3 Å². The summed E-state index contributed by atoms with van der Waals surface area (Å²) >= 11 is 0. The van der Waals surface area contributed by atoms with Gasteiger partial charge in [0.15, 0.2) is 5.69 Å². The number of nitrogens with zero attached hydrogens (tertiary/aromatic N) is 3. The number of benzene rings is 2. The normalized spacial score (nSPS) is 11.0. The lowest BCUT2D eigenvalue weighted by atomic mass is 10.1. The Kier molecular flexibility index (Phi) is 4.70. The first kappa shape index (κ1) is 17.0. The molecule has 0 aliphatic rings. The van der Waals surface area contributed by atoms with Crippen LogP contribution in [0.15, 0.2) is 60.8 Å². The van der Waals surface area contributed by atoms with Crippen molar-refractivity contribution in [2.75, 3.05) is 6.54 Å². The van der Waals surface area contributed by atoms with Gasteiger partial charge in [0.05, 0.1) is 12.2 Å². The molecule has 0 fully saturated rings. The first-order valence-corrected chi connectivity index (χ1v) is 8.99. The Balaban J connectivity index is 1.38. The van der Waals surface area contributed by atoms with Gasteiger partial charge >= 0.3 is 0 Å². The fourth-order valence-corrected chi connectivity index (χ4v) is 3.21. The number of nitrogens with one attached hydrogen (secondary N) is 2. The third-order valence-corrected chi connectivity index (χ3v) is 4.73. The van der Waals surface area contributed by atoms with Crippen molar-refractivity contribution in [2.24, 2.45) is 0 Å². The molecule has 2 N–H and O–H groups in total. The zero-order chi connectivity index (χ0) is 18.6. The minimum absolute atomic E-state index is 0.188. The molecule has 0 radical (unpaired) electrons. The number of fused-ring (bicyclic) bond motifs is 1. The lowest BCUT2D eigenvalue weighted by Crippen LogP contribution is -2.26. The number of rotatable bonds is 6. The van der Waals surface area contributed by atoms with Crippen LogP contribution in [-0.2, 0) is 13.0 Å². The van der Waals surface area contributed by atoms with Crippen LogP contribution < -0.4 is 5.32 Å². The van der Waals surface area contributed by atoms with Gasteiger partial charge in [-0.1, -0.05) is 53.7 Å². The Bertz CT molecular complexity index is 1060. The molecule has 27 heavy (non-hydrogen) atoms. The molecule has 0 unspecified atom stereocenters. The second-order valence-corrected chi connectivity index (χ2v) is 6.53. The molecule has 4 rings (SSSR count). The number of amides is 1. The van der Waals surface area contributed by atoms with E-state index in [1.807, 2.05) is 61.7 Å². The molecule has 6 heteroatoms. The van der Waals surface area contributed by atoms with E-state index in [1.165, 1.54) is 10.9 Å². The van der Waals surface area contributed by atoms with Crippen LogP contribution in [0.3, 0.4) is 0 Å². The highest BCUT2D eigenvalue weighted by molar-refractivity contribution is 5.93. The van der Waals surface area contributed by atoms with Gasteiger partial charge in [0.25, 0.3) is 5.91 Å². The van der Waals surface area contributed by atoms with E-state index in [1.54, 1.807) is 4.68 Å². The van der Waals surface area contributed by atoms with Gasteiger partial charge in [0.1, 0.15) is 0 Å². The van der Waals surface area contributed by atoms with E-state index in [-0.39, 0.29) is 5.91 Å². The van der Waals surface area contributed by atoms with Crippen LogP contribution in [0.1, 0.15) is 27.3 Å². The van der Waals surface area contributed by atoms with Crippen molar-refractivity contribution in [3.05, 3.63) is 83.3 Å². The highest BCUT2D eigenvalue weighted by Gasteiger charge is 2.16. The highest BCUT2D eigenvalue weighted by Crippen LogP contribution is 2.17. The molecule has 0 atom stereocenters. The molecular weight excluding hydrogens is 338 g/mol. The van der Waals surface area contributed by atoms with E-state index in [0.29, 0.717) is 18.8 Å². The minimum atomic E-state index is -0.188. The van der Waals surface area contributed by atoms with Crippen molar-refractivity contribution in [2.45, 2.75) is 19.9 Å². The van der Waals surface area contributed by atoms with Crippen LogP contribution in [0.5, 0.6) is 0 Å². The predicted molar refractivity (Wildman–Crippen MR) is 105 cm³/mol. The van der Waals surface area contributed by atoms with Gasteiger partial charge in [-0.05, 0) is 30.5 Å². The summed E-state index contributed by atoms with van der Waals surface area (Å²) in [6.07, 6.45) is 2.76. The lowest BCUT2D eigenvalue weighted by Gasteiger charge is -2.05. The Morgan fingerprint density at radius 1 is 1.11 bits per heavy atom. The number of hydrogen-bond donors (Lipinski definition) is 2. The summed E-state index contributed by atoms with van der Waals surface area (Å²) in [7, 11) is 0. The van der Waals surface area contributed by atoms with Crippen molar-refractivity contribution in [1.82, 2.24) is 25.3 Å². The van der Waals surface area contributed by atoms with Crippen molar-refractivity contribution in [1.29, 1.82) is 0 Å². The van der Waals surface area contributed by atoms with E-state index < -0.39 is 0 Å². The quantitative estimate of drug-likeness (QED) is 0.555. The van der Waals surface area contributed by atoms with Crippen LogP contribution >= 0.6 is 0 Å².